The van der Waals surface area contributed by atoms with Gasteiger partial charge in [0.1, 0.15) is 0 Å². The van der Waals surface area contributed by atoms with Gasteiger partial charge in [-0.25, -0.2) is 4.79 Å². The van der Waals surface area contributed by atoms with Crippen LogP contribution in [-0.4, -0.2) is 42.9 Å². The number of carbonyl (C=O) groups is 1. The van der Waals surface area contributed by atoms with Crippen LogP contribution < -0.4 is 5.32 Å². The first-order valence-corrected chi connectivity index (χ1v) is 14.4. The predicted octanol–water partition coefficient (Wildman–Crippen LogP) is 7.11. The summed E-state index contributed by atoms with van der Waals surface area (Å²) in [4.78, 5) is 19.8. The van der Waals surface area contributed by atoms with Crippen LogP contribution in [0.1, 0.15) is 106 Å². The molecule has 1 N–H and O–H groups in total. The molecule has 5 rings (SSSR count). The maximum absolute atomic E-state index is 12.6. The number of oxime groups is 1. The molecule has 5 heteroatoms. The molecule has 0 aromatic carbocycles. The fourth-order valence-electron chi connectivity index (χ4n) is 9.79. The molecule has 4 aliphatic carbocycles. The number of nitrogens with one attached hydrogen (secondary N) is 1. The Bertz CT molecular complexity index is 798. The standard InChI is InChI=1S/C29H49N3O2.CH4/c1-19-16-22(30-17-19)18-32(5)27(33)34-31-20(2)24-11-12-25-23-10-9-21-8-6-7-14-28(21,3)26(23)13-15-29(24,25)4;/h19,21-26,30H,6-18H2,1-5H3;1H4/b31-20+;. The zero-order chi connectivity index (χ0) is 24.1. The number of rotatable bonds is 4. The Hall–Kier alpha value is -1.10. The molecule has 200 valence electrons. The second-order valence-corrected chi connectivity index (χ2v) is 13.5. The van der Waals surface area contributed by atoms with Gasteiger partial charge in [-0.05, 0) is 112 Å². The lowest BCUT2D eigenvalue weighted by Gasteiger charge is -2.60. The van der Waals surface area contributed by atoms with E-state index in [1.807, 2.05) is 7.05 Å². The second-order valence-electron chi connectivity index (χ2n) is 13.5. The molecule has 0 aromatic rings. The van der Waals surface area contributed by atoms with E-state index in [2.05, 4.69) is 38.2 Å². The molecule has 9 atom stereocenters. The van der Waals surface area contributed by atoms with Crippen LogP contribution in [0.15, 0.2) is 5.16 Å². The fourth-order valence-corrected chi connectivity index (χ4v) is 9.79. The van der Waals surface area contributed by atoms with Crippen LogP contribution in [0, 0.1) is 46.3 Å². The van der Waals surface area contributed by atoms with Crippen LogP contribution in [0.25, 0.3) is 0 Å². The van der Waals surface area contributed by atoms with Gasteiger partial charge in [-0.3, -0.25) is 4.84 Å². The van der Waals surface area contributed by atoms with Gasteiger partial charge in [-0.1, -0.05) is 46.2 Å². The molecular formula is C30H53N3O2. The Labute approximate surface area is 215 Å². The minimum atomic E-state index is -0.326. The highest BCUT2D eigenvalue weighted by Crippen LogP contribution is 2.67. The highest BCUT2D eigenvalue weighted by Gasteiger charge is 2.60. The van der Waals surface area contributed by atoms with Gasteiger partial charge < -0.3 is 10.2 Å². The van der Waals surface area contributed by atoms with Crippen LogP contribution >= 0.6 is 0 Å². The lowest BCUT2D eigenvalue weighted by atomic mass is 9.45. The third-order valence-electron chi connectivity index (χ3n) is 11.6. The van der Waals surface area contributed by atoms with Crippen molar-refractivity contribution in [3.8, 4) is 0 Å². The molecule has 1 amide bonds. The summed E-state index contributed by atoms with van der Waals surface area (Å²) >= 11 is 0. The molecule has 5 fully saturated rings. The average Bonchev–Trinajstić information content (AvgIpc) is 3.38. The molecule has 1 saturated heterocycles. The zero-order valence-corrected chi connectivity index (χ0v) is 22.4. The van der Waals surface area contributed by atoms with Gasteiger partial charge >= 0.3 is 6.09 Å². The summed E-state index contributed by atoms with van der Waals surface area (Å²) in [6.45, 7) is 11.3. The molecular weight excluding hydrogens is 434 g/mol. The van der Waals surface area contributed by atoms with Gasteiger partial charge in [0.05, 0.1) is 5.71 Å². The molecule has 9 unspecified atom stereocenters. The minimum absolute atomic E-state index is 0. The van der Waals surface area contributed by atoms with Gasteiger partial charge in [0, 0.05) is 25.6 Å². The second kappa shape index (κ2) is 10.3. The van der Waals surface area contributed by atoms with Gasteiger partial charge in [0.25, 0.3) is 0 Å². The summed E-state index contributed by atoms with van der Waals surface area (Å²) in [5.74, 6) is 4.74. The van der Waals surface area contributed by atoms with E-state index in [0.29, 0.717) is 35.3 Å². The number of amides is 1. The Kier molecular flexibility index (Phi) is 7.96. The van der Waals surface area contributed by atoms with Crippen molar-refractivity contribution in [2.75, 3.05) is 20.1 Å². The van der Waals surface area contributed by atoms with E-state index in [1.165, 1.54) is 64.2 Å². The molecule has 0 radical (unpaired) electrons. The summed E-state index contributed by atoms with van der Waals surface area (Å²) in [7, 11) is 1.83. The molecule has 5 nitrogen and oxygen atoms in total. The van der Waals surface area contributed by atoms with E-state index in [9.17, 15) is 4.79 Å². The Balaban J connectivity index is 0.00000289. The Morgan fingerprint density at radius 2 is 1.80 bits per heavy atom. The van der Waals surface area contributed by atoms with Crippen LogP contribution in [0.5, 0.6) is 0 Å². The number of fused-ring (bicyclic) bond motifs is 5. The van der Waals surface area contributed by atoms with Crippen LogP contribution in [-0.2, 0) is 4.84 Å². The predicted molar refractivity (Wildman–Crippen MR) is 144 cm³/mol. The van der Waals surface area contributed by atoms with Crippen LogP contribution in [0.2, 0.25) is 0 Å². The fraction of sp³-hybridized carbons (Fsp3) is 0.933. The van der Waals surface area contributed by atoms with E-state index in [-0.39, 0.29) is 13.5 Å². The summed E-state index contributed by atoms with van der Waals surface area (Å²) in [6.07, 6.45) is 14.8. The van der Waals surface area contributed by atoms with E-state index in [4.69, 9.17) is 4.84 Å². The summed E-state index contributed by atoms with van der Waals surface area (Å²) in [5, 5.41) is 7.94. The van der Waals surface area contributed by atoms with Crippen LogP contribution in [0.3, 0.4) is 0 Å². The van der Waals surface area contributed by atoms with Crippen molar-refractivity contribution in [2.24, 2.45) is 51.5 Å². The van der Waals surface area contributed by atoms with Gasteiger partial charge in [-0.15, -0.1) is 0 Å². The van der Waals surface area contributed by atoms with E-state index >= 15 is 0 Å². The number of likely N-dealkylation sites (N-methyl/N-ethyl adjacent to an activating group) is 1. The van der Waals surface area contributed by atoms with Crippen molar-refractivity contribution >= 4 is 11.8 Å². The van der Waals surface area contributed by atoms with E-state index in [1.54, 1.807) is 4.90 Å². The number of hydrogen-bond donors (Lipinski definition) is 1. The number of hydrogen-bond acceptors (Lipinski definition) is 4. The quantitative estimate of drug-likeness (QED) is 0.261. The summed E-state index contributed by atoms with van der Waals surface area (Å²) in [6, 6.07) is 0.364. The topological polar surface area (TPSA) is 53.9 Å². The Morgan fingerprint density at radius 3 is 2.54 bits per heavy atom. The first kappa shape index (κ1) is 26.9. The Morgan fingerprint density at radius 1 is 1.03 bits per heavy atom. The summed E-state index contributed by atoms with van der Waals surface area (Å²) in [5.41, 5.74) is 1.94. The lowest BCUT2D eigenvalue weighted by molar-refractivity contribution is -0.106. The molecule has 5 aliphatic rings. The normalized spacial score (nSPS) is 45.1. The molecule has 4 saturated carbocycles. The smallest absolute Gasteiger partial charge is 0.312 e. The molecule has 0 aromatic heterocycles. The SMILES string of the molecule is C.C/C(=N\OC(=O)N(C)CC1CC(C)CN1)C1CCC2C3CCC4CCCCC4(C)C3CCC12C. The molecule has 0 spiro atoms. The lowest BCUT2D eigenvalue weighted by Crippen LogP contribution is -2.53. The van der Waals surface area contributed by atoms with Crippen LogP contribution in [0.4, 0.5) is 4.79 Å². The monoisotopic (exact) mass is 487 g/mol. The number of carbonyl (C=O) groups excluding carboxylic acids is 1. The third kappa shape index (κ3) is 4.80. The van der Waals surface area contributed by atoms with Gasteiger partial charge in [-0.2, -0.15) is 0 Å². The molecule has 1 heterocycles. The zero-order valence-electron chi connectivity index (χ0n) is 22.4. The van der Waals surface area contributed by atoms with Gasteiger partial charge in [0.15, 0.2) is 0 Å². The highest BCUT2D eigenvalue weighted by atomic mass is 16.7. The maximum atomic E-state index is 12.6. The first-order chi connectivity index (χ1) is 16.2. The van der Waals surface area contributed by atoms with Crippen molar-refractivity contribution in [3.63, 3.8) is 0 Å². The highest BCUT2D eigenvalue weighted by molar-refractivity contribution is 5.85. The first-order valence-electron chi connectivity index (χ1n) is 14.4. The summed E-state index contributed by atoms with van der Waals surface area (Å²) < 4.78 is 0. The van der Waals surface area contributed by atoms with Crippen molar-refractivity contribution < 1.29 is 9.63 Å². The average molecular weight is 488 g/mol. The third-order valence-corrected chi connectivity index (χ3v) is 11.6. The maximum Gasteiger partial charge on any atom is 0.435 e. The van der Waals surface area contributed by atoms with Crippen molar-refractivity contribution in [1.82, 2.24) is 10.2 Å². The molecule has 0 bridgehead atoms. The van der Waals surface area contributed by atoms with Crippen molar-refractivity contribution in [3.05, 3.63) is 0 Å². The number of nitrogens with zero attached hydrogens (tertiary/aromatic N) is 2. The van der Waals surface area contributed by atoms with Crippen molar-refractivity contribution in [1.29, 1.82) is 0 Å². The van der Waals surface area contributed by atoms with E-state index < -0.39 is 0 Å². The van der Waals surface area contributed by atoms with Crippen molar-refractivity contribution in [2.45, 2.75) is 112 Å². The molecule has 1 aliphatic heterocycles. The minimum Gasteiger partial charge on any atom is -0.312 e. The van der Waals surface area contributed by atoms with E-state index in [0.717, 1.165) is 42.3 Å². The molecule has 35 heavy (non-hydrogen) atoms. The largest absolute Gasteiger partial charge is 0.435 e. The van der Waals surface area contributed by atoms with Gasteiger partial charge in [0.2, 0.25) is 0 Å².